The molecule has 0 radical (unpaired) electrons. The monoisotopic (exact) mass is 200 g/mol. The van der Waals surface area contributed by atoms with Crippen LogP contribution in [0.3, 0.4) is 0 Å². The van der Waals surface area contributed by atoms with E-state index in [-0.39, 0.29) is 0 Å². The summed E-state index contributed by atoms with van der Waals surface area (Å²) in [5.41, 5.74) is 0. The Hall–Kier alpha value is -0.240. The smallest absolute Gasteiger partial charge is 0.0584 e. The van der Waals surface area contributed by atoms with E-state index in [2.05, 4.69) is 41.1 Å². The maximum Gasteiger partial charge on any atom is 0.0584 e. The molecule has 0 saturated carbocycles. The number of unbranched alkanes of at least 4 members (excludes halogenated alkanes) is 2. The van der Waals surface area contributed by atoms with Crippen LogP contribution >= 0.6 is 12.2 Å². The molecule has 76 valence electrons. The van der Waals surface area contributed by atoms with E-state index in [9.17, 15) is 0 Å². The van der Waals surface area contributed by atoms with Crippen LogP contribution in [-0.4, -0.2) is 36.2 Å². The summed E-state index contributed by atoms with van der Waals surface area (Å²) >= 11 is 4.48. The van der Waals surface area contributed by atoms with Gasteiger partial charge in [-0.2, -0.15) is 0 Å². The molecule has 0 saturated heterocycles. The van der Waals surface area contributed by atoms with Crippen molar-refractivity contribution in [3.05, 3.63) is 0 Å². The van der Waals surface area contributed by atoms with Crippen LogP contribution in [0.5, 0.6) is 0 Å². The van der Waals surface area contributed by atoms with Gasteiger partial charge in [-0.15, -0.1) is 0 Å². The van der Waals surface area contributed by atoms with Gasteiger partial charge in [0.25, 0.3) is 0 Å². The average Bonchev–Trinajstić information content (AvgIpc) is 2.17. The lowest BCUT2D eigenvalue weighted by atomic mass is 10.2. The normalized spacial score (nSPS) is 10.1. The fourth-order valence-electron chi connectivity index (χ4n) is 1.29. The van der Waals surface area contributed by atoms with Crippen LogP contribution in [0.15, 0.2) is 4.99 Å². The van der Waals surface area contributed by atoms with Crippen molar-refractivity contribution in [3.8, 4) is 0 Å². The maximum atomic E-state index is 4.48. The van der Waals surface area contributed by atoms with Gasteiger partial charge in [0.1, 0.15) is 0 Å². The van der Waals surface area contributed by atoms with Crippen molar-refractivity contribution in [2.45, 2.75) is 33.1 Å². The first-order valence-corrected chi connectivity index (χ1v) is 5.52. The van der Waals surface area contributed by atoms with E-state index < -0.39 is 0 Å². The van der Waals surface area contributed by atoms with E-state index in [0.717, 1.165) is 26.1 Å². The molecule has 0 amide bonds. The molecule has 0 aromatic heterocycles. The largest absolute Gasteiger partial charge is 0.304 e. The number of aliphatic imine (C=N–C) groups is 1. The minimum absolute atomic E-state index is 0.849. The molecule has 0 unspecified atom stereocenters. The van der Waals surface area contributed by atoms with E-state index in [0.29, 0.717) is 0 Å². The lowest BCUT2D eigenvalue weighted by Gasteiger charge is -2.17. The van der Waals surface area contributed by atoms with Gasteiger partial charge < -0.3 is 4.90 Å². The van der Waals surface area contributed by atoms with Crippen LogP contribution in [0.1, 0.15) is 33.1 Å². The third-order valence-corrected chi connectivity index (χ3v) is 2.33. The molecule has 0 spiro atoms. The third-order valence-electron chi connectivity index (χ3n) is 2.20. The average molecular weight is 200 g/mol. The molecule has 13 heavy (non-hydrogen) atoms. The van der Waals surface area contributed by atoms with E-state index in [1.165, 1.54) is 19.4 Å². The highest BCUT2D eigenvalue weighted by Gasteiger charge is 1.97. The fraction of sp³-hybridized carbons (Fsp3) is 0.900. The second-order valence-corrected chi connectivity index (χ2v) is 3.24. The lowest BCUT2D eigenvalue weighted by Crippen LogP contribution is -2.23. The van der Waals surface area contributed by atoms with Crippen molar-refractivity contribution in [2.24, 2.45) is 4.99 Å². The van der Waals surface area contributed by atoms with E-state index in [1.807, 2.05) is 0 Å². The van der Waals surface area contributed by atoms with Crippen molar-refractivity contribution >= 4 is 17.4 Å². The van der Waals surface area contributed by atoms with E-state index in [1.54, 1.807) is 0 Å². The molecule has 0 aliphatic carbocycles. The maximum absolute atomic E-state index is 4.48. The molecule has 0 bridgehead atoms. The first-order valence-electron chi connectivity index (χ1n) is 5.11. The molecule has 0 heterocycles. The van der Waals surface area contributed by atoms with Crippen LogP contribution in [-0.2, 0) is 0 Å². The van der Waals surface area contributed by atoms with Gasteiger partial charge in [0.2, 0.25) is 0 Å². The zero-order chi connectivity index (χ0) is 9.94. The number of nitrogens with zero attached hydrogens (tertiary/aromatic N) is 2. The molecule has 0 N–H and O–H groups in total. The molecule has 0 aliphatic rings. The summed E-state index contributed by atoms with van der Waals surface area (Å²) in [7, 11) is 0. The van der Waals surface area contributed by atoms with Gasteiger partial charge in [-0.1, -0.05) is 20.3 Å². The van der Waals surface area contributed by atoms with Crippen molar-refractivity contribution in [1.82, 2.24) is 4.90 Å². The highest BCUT2D eigenvalue weighted by atomic mass is 32.1. The Morgan fingerprint density at radius 3 is 2.38 bits per heavy atom. The van der Waals surface area contributed by atoms with Crippen molar-refractivity contribution in [2.75, 3.05) is 26.2 Å². The minimum Gasteiger partial charge on any atom is -0.304 e. The molecule has 0 atom stereocenters. The Morgan fingerprint density at radius 1 is 1.15 bits per heavy atom. The van der Waals surface area contributed by atoms with Crippen LogP contribution in [0.25, 0.3) is 0 Å². The van der Waals surface area contributed by atoms with Crippen LogP contribution in [0, 0.1) is 0 Å². The summed E-state index contributed by atoms with van der Waals surface area (Å²) in [6.45, 7) is 8.80. The molecule has 0 aliphatic heterocycles. The summed E-state index contributed by atoms with van der Waals surface area (Å²) in [4.78, 5) is 6.33. The number of hydrogen-bond donors (Lipinski definition) is 0. The Bertz CT molecular complexity index is 149. The third kappa shape index (κ3) is 8.10. The number of isothiocyanates is 1. The predicted octanol–water partition coefficient (Wildman–Crippen LogP) is 2.60. The molecule has 0 fully saturated rings. The zero-order valence-electron chi connectivity index (χ0n) is 8.75. The van der Waals surface area contributed by atoms with Crippen LogP contribution in [0.2, 0.25) is 0 Å². The quantitative estimate of drug-likeness (QED) is 0.340. The van der Waals surface area contributed by atoms with Gasteiger partial charge in [-0.3, -0.25) is 0 Å². The minimum atomic E-state index is 0.849. The van der Waals surface area contributed by atoms with Crippen LogP contribution in [0.4, 0.5) is 0 Å². The van der Waals surface area contributed by atoms with Crippen LogP contribution < -0.4 is 0 Å². The van der Waals surface area contributed by atoms with Gasteiger partial charge in [0.05, 0.1) is 5.16 Å². The molecular weight excluding hydrogens is 180 g/mol. The van der Waals surface area contributed by atoms with Crippen molar-refractivity contribution in [1.29, 1.82) is 0 Å². The molecule has 3 heteroatoms. The van der Waals surface area contributed by atoms with Gasteiger partial charge in [0.15, 0.2) is 0 Å². The molecule has 0 aromatic carbocycles. The van der Waals surface area contributed by atoms with Crippen molar-refractivity contribution < 1.29 is 0 Å². The second-order valence-electron chi connectivity index (χ2n) is 3.06. The Labute approximate surface area is 87.0 Å². The highest BCUT2D eigenvalue weighted by molar-refractivity contribution is 7.78. The predicted molar refractivity (Wildman–Crippen MR) is 61.5 cm³/mol. The van der Waals surface area contributed by atoms with Gasteiger partial charge >= 0.3 is 0 Å². The summed E-state index contributed by atoms with van der Waals surface area (Å²) in [5, 5.41) is 2.39. The summed E-state index contributed by atoms with van der Waals surface area (Å²) in [5.74, 6) is 0. The SMILES string of the molecule is CCN(CC)CCCCCN=C=S. The number of hydrogen-bond acceptors (Lipinski definition) is 3. The first kappa shape index (κ1) is 12.8. The Kier molecular flexibility index (Phi) is 9.66. The van der Waals surface area contributed by atoms with Gasteiger partial charge in [-0.05, 0) is 44.7 Å². The summed E-state index contributed by atoms with van der Waals surface area (Å²) in [6.07, 6.45) is 3.66. The Balaban J connectivity index is 3.18. The summed E-state index contributed by atoms with van der Waals surface area (Å²) in [6, 6.07) is 0. The zero-order valence-corrected chi connectivity index (χ0v) is 9.57. The molecule has 0 rings (SSSR count). The Morgan fingerprint density at radius 2 is 1.85 bits per heavy atom. The van der Waals surface area contributed by atoms with Gasteiger partial charge in [0, 0.05) is 6.54 Å². The molecule has 0 aromatic rings. The molecular formula is C10H20N2S. The lowest BCUT2D eigenvalue weighted by molar-refractivity contribution is 0.296. The standard InChI is InChI=1S/C10H20N2S/c1-3-12(4-2)9-7-5-6-8-11-10-13/h3-9H2,1-2H3. The summed E-state index contributed by atoms with van der Waals surface area (Å²) < 4.78 is 0. The van der Waals surface area contributed by atoms with Gasteiger partial charge in [-0.25, -0.2) is 4.99 Å². The van der Waals surface area contributed by atoms with E-state index in [4.69, 9.17) is 0 Å². The highest BCUT2D eigenvalue weighted by Crippen LogP contribution is 1.98. The number of rotatable bonds is 8. The molecule has 2 nitrogen and oxygen atoms in total. The fourth-order valence-corrected chi connectivity index (χ4v) is 1.38. The van der Waals surface area contributed by atoms with E-state index >= 15 is 0 Å². The topological polar surface area (TPSA) is 15.6 Å². The second kappa shape index (κ2) is 9.85. The first-order chi connectivity index (χ1) is 6.35. The van der Waals surface area contributed by atoms with Crippen molar-refractivity contribution in [3.63, 3.8) is 0 Å². The number of thiocarbonyl (C=S) groups is 1.